The van der Waals surface area contributed by atoms with Crippen molar-refractivity contribution in [2.75, 3.05) is 14.2 Å². The fraction of sp³-hybridized carbons (Fsp3) is 0.222. The van der Waals surface area contributed by atoms with Gasteiger partial charge in [0.15, 0.2) is 10.9 Å². The van der Waals surface area contributed by atoms with E-state index in [9.17, 15) is 10.1 Å². The zero-order valence-corrected chi connectivity index (χ0v) is 16.0. The maximum Gasteiger partial charge on any atom is 0.315 e. The highest BCUT2D eigenvalue weighted by atomic mass is 32.1. The third kappa shape index (κ3) is 5.38. The summed E-state index contributed by atoms with van der Waals surface area (Å²) < 4.78 is 11.0. The van der Waals surface area contributed by atoms with E-state index >= 15 is 0 Å². The summed E-state index contributed by atoms with van der Waals surface area (Å²) in [5.74, 6) is 0.317. The van der Waals surface area contributed by atoms with Gasteiger partial charge in [0.25, 0.3) is 0 Å². The van der Waals surface area contributed by atoms with E-state index in [0.29, 0.717) is 10.7 Å². The minimum atomic E-state index is -0.515. The lowest BCUT2D eigenvalue weighted by Gasteiger charge is -2.13. The smallest absolute Gasteiger partial charge is 0.315 e. The molecule has 0 aliphatic rings. The number of thiocarbonyl (C=S) groups is 1. The summed E-state index contributed by atoms with van der Waals surface area (Å²) in [4.78, 5) is 11.0. The first-order valence-corrected chi connectivity index (χ1v) is 8.41. The first-order chi connectivity index (χ1) is 13.0. The van der Waals surface area contributed by atoms with Crippen LogP contribution in [0.25, 0.3) is 0 Å². The fourth-order valence-corrected chi connectivity index (χ4v) is 2.31. The van der Waals surface area contributed by atoms with Gasteiger partial charge in [-0.15, -0.1) is 0 Å². The average Bonchev–Trinajstić information content (AvgIpc) is 2.66. The summed E-state index contributed by atoms with van der Waals surface area (Å²) in [7, 11) is 3.08. The van der Waals surface area contributed by atoms with Crippen molar-refractivity contribution in [1.29, 1.82) is 0 Å². The highest BCUT2D eigenvalue weighted by Crippen LogP contribution is 2.38. The number of ether oxygens (including phenoxy) is 2. The van der Waals surface area contributed by atoms with Crippen LogP contribution in [0.15, 0.2) is 41.5 Å². The molecular formula is C18H20N4O4S. The van der Waals surface area contributed by atoms with Crippen LogP contribution in [0.2, 0.25) is 0 Å². The molecule has 0 spiro atoms. The van der Waals surface area contributed by atoms with E-state index in [0.717, 1.165) is 11.1 Å². The summed E-state index contributed by atoms with van der Waals surface area (Å²) in [5, 5.41) is 18.5. The van der Waals surface area contributed by atoms with Gasteiger partial charge in [-0.3, -0.25) is 15.5 Å². The van der Waals surface area contributed by atoms with Crippen LogP contribution in [0.5, 0.6) is 11.5 Å². The molecule has 9 heteroatoms. The van der Waals surface area contributed by atoms with E-state index in [4.69, 9.17) is 21.7 Å². The lowest BCUT2D eigenvalue weighted by molar-refractivity contribution is -0.386. The van der Waals surface area contributed by atoms with Crippen LogP contribution >= 0.6 is 12.2 Å². The van der Waals surface area contributed by atoms with Crippen LogP contribution < -0.4 is 20.2 Å². The number of nitro benzene ring substituents is 1. The zero-order valence-electron chi connectivity index (χ0n) is 15.2. The van der Waals surface area contributed by atoms with E-state index in [1.807, 2.05) is 31.2 Å². The lowest BCUT2D eigenvalue weighted by atomic mass is 10.1. The first-order valence-electron chi connectivity index (χ1n) is 8.00. The van der Waals surface area contributed by atoms with Gasteiger partial charge in [-0.05, 0) is 36.3 Å². The van der Waals surface area contributed by atoms with Crippen LogP contribution in [-0.2, 0) is 6.61 Å². The second kappa shape index (κ2) is 9.48. The van der Waals surface area contributed by atoms with Gasteiger partial charge in [0, 0.05) is 18.7 Å². The van der Waals surface area contributed by atoms with E-state index < -0.39 is 4.92 Å². The third-order valence-corrected chi connectivity index (χ3v) is 4.01. The van der Waals surface area contributed by atoms with E-state index in [1.165, 1.54) is 19.4 Å². The molecule has 0 bridgehead atoms. The van der Waals surface area contributed by atoms with Crippen LogP contribution in [0, 0.1) is 17.0 Å². The molecule has 0 saturated heterocycles. The minimum Gasteiger partial charge on any atom is -0.493 e. The van der Waals surface area contributed by atoms with Crippen molar-refractivity contribution < 1.29 is 14.4 Å². The number of methoxy groups -OCH3 is 1. The van der Waals surface area contributed by atoms with Crippen LogP contribution in [-0.4, -0.2) is 30.4 Å². The molecule has 0 radical (unpaired) electrons. The molecule has 2 aromatic rings. The summed E-state index contributed by atoms with van der Waals surface area (Å²) >= 11 is 4.91. The predicted molar refractivity (Wildman–Crippen MR) is 108 cm³/mol. The Hall–Kier alpha value is -3.20. The molecule has 142 valence electrons. The third-order valence-electron chi connectivity index (χ3n) is 3.71. The number of nitro groups is 1. The summed E-state index contributed by atoms with van der Waals surface area (Å²) in [5.41, 5.74) is 4.81. The van der Waals surface area contributed by atoms with Crippen LogP contribution in [0.1, 0.15) is 16.7 Å². The van der Waals surface area contributed by atoms with Gasteiger partial charge in [-0.1, -0.05) is 24.3 Å². The summed E-state index contributed by atoms with van der Waals surface area (Å²) in [6.07, 6.45) is 1.41. The number of hydrogen-bond acceptors (Lipinski definition) is 6. The van der Waals surface area contributed by atoms with Crippen molar-refractivity contribution in [2.24, 2.45) is 5.10 Å². The highest BCUT2D eigenvalue weighted by molar-refractivity contribution is 7.80. The second-order valence-electron chi connectivity index (χ2n) is 5.49. The number of nitrogens with one attached hydrogen (secondary N) is 2. The Bertz CT molecular complexity index is 870. The summed E-state index contributed by atoms with van der Waals surface area (Å²) in [6.45, 7) is 2.14. The first kappa shape index (κ1) is 20.1. The van der Waals surface area contributed by atoms with Crippen molar-refractivity contribution in [3.05, 3.63) is 63.2 Å². The van der Waals surface area contributed by atoms with Crippen LogP contribution in [0.3, 0.4) is 0 Å². The number of benzene rings is 2. The monoisotopic (exact) mass is 388 g/mol. The molecule has 0 atom stereocenters. The Balaban J connectivity index is 2.31. The molecule has 27 heavy (non-hydrogen) atoms. The van der Waals surface area contributed by atoms with Crippen molar-refractivity contribution in [2.45, 2.75) is 13.5 Å². The maximum absolute atomic E-state index is 11.5. The molecule has 0 aliphatic carbocycles. The molecular weight excluding hydrogens is 368 g/mol. The van der Waals surface area contributed by atoms with Gasteiger partial charge >= 0.3 is 5.69 Å². The number of aryl methyl sites for hydroxylation is 1. The molecule has 2 rings (SSSR count). The maximum atomic E-state index is 11.5. The Kier molecular flexibility index (Phi) is 7.07. The van der Waals surface area contributed by atoms with Gasteiger partial charge in [0.05, 0.1) is 18.2 Å². The molecule has 0 aromatic heterocycles. The molecule has 0 unspecified atom stereocenters. The topological polar surface area (TPSA) is 98.0 Å². The quantitative estimate of drug-likeness (QED) is 0.326. The van der Waals surface area contributed by atoms with Crippen molar-refractivity contribution in [3.63, 3.8) is 0 Å². The SMILES string of the molecule is CNC(=S)N/N=C/c1cc(OC)c(OCc2ccccc2C)c([N+](=O)[O-])c1. The Morgan fingerprint density at radius 2 is 2.11 bits per heavy atom. The van der Waals surface area contributed by atoms with E-state index in [-0.39, 0.29) is 23.8 Å². The highest BCUT2D eigenvalue weighted by Gasteiger charge is 2.22. The van der Waals surface area contributed by atoms with Gasteiger partial charge < -0.3 is 14.8 Å². The number of nitrogens with zero attached hydrogens (tertiary/aromatic N) is 2. The number of hydrazone groups is 1. The van der Waals surface area contributed by atoms with Gasteiger partial charge in [0.2, 0.25) is 5.75 Å². The van der Waals surface area contributed by atoms with E-state index in [2.05, 4.69) is 15.8 Å². The molecule has 2 aromatic carbocycles. The molecule has 0 aliphatic heterocycles. The van der Waals surface area contributed by atoms with E-state index in [1.54, 1.807) is 13.1 Å². The Morgan fingerprint density at radius 1 is 1.37 bits per heavy atom. The number of rotatable bonds is 7. The molecule has 2 N–H and O–H groups in total. The van der Waals surface area contributed by atoms with Crippen molar-refractivity contribution >= 4 is 29.2 Å². The predicted octanol–water partition coefficient (Wildman–Crippen LogP) is 2.92. The molecule has 8 nitrogen and oxygen atoms in total. The second-order valence-corrected chi connectivity index (χ2v) is 5.90. The molecule has 0 saturated carbocycles. The summed E-state index contributed by atoms with van der Waals surface area (Å²) in [6, 6.07) is 10.6. The zero-order chi connectivity index (χ0) is 19.8. The Labute approximate surface area is 162 Å². The standard InChI is InChI=1S/C18H20N4O4S/c1-12-6-4-5-7-14(12)11-26-17-15(22(23)24)8-13(9-16(17)25-3)10-20-21-18(27)19-2/h4-10H,11H2,1-3H3,(H2,19,21,27)/b20-10+. The normalized spacial score (nSPS) is 10.5. The van der Waals surface area contributed by atoms with Crippen LogP contribution in [0.4, 0.5) is 5.69 Å². The van der Waals surface area contributed by atoms with Crippen molar-refractivity contribution in [1.82, 2.24) is 10.7 Å². The molecule has 0 fully saturated rings. The largest absolute Gasteiger partial charge is 0.493 e. The Morgan fingerprint density at radius 3 is 2.74 bits per heavy atom. The van der Waals surface area contributed by atoms with Gasteiger partial charge in [-0.25, -0.2) is 0 Å². The minimum absolute atomic E-state index is 0.0709. The average molecular weight is 388 g/mol. The number of hydrogen-bond donors (Lipinski definition) is 2. The molecule has 0 amide bonds. The van der Waals surface area contributed by atoms with Crippen molar-refractivity contribution in [3.8, 4) is 11.5 Å². The lowest BCUT2D eigenvalue weighted by Crippen LogP contribution is -2.28. The van der Waals surface area contributed by atoms with Gasteiger partial charge in [-0.2, -0.15) is 5.10 Å². The fourth-order valence-electron chi connectivity index (χ4n) is 2.26. The molecule has 0 heterocycles. The van der Waals surface area contributed by atoms with Gasteiger partial charge in [0.1, 0.15) is 6.61 Å².